The van der Waals surface area contributed by atoms with Crippen LogP contribution in [-0.2, 0) is 21.2 Å². The Balaban J connectivity index is 1.55. The van der Waals surface area contributed by atoms with Crippen LogP contribution in [0.25, 0.3) is 0 Å². The number of rotatable bonds is 18. The number of benzene rings is 9. The van der Waals surface area contributed by atoms with Crippen molar-refractivity contribution >= 4 is 64.4 Å². The van der Waals surface area contributed by atoms with Gasteiger partial charge in [0.25, 0.3) is 0 Å². The Kier molecular flexibility index (Phi) is 16.8. The zero-order chi connectivity index (χ0) is 61.4. The molecule has 0 amide bonds. The number of halogens is 6. The number of alkyl halides is 6. The third kappa shape index (κ3) is 11.2. The molecule has 9 rings (SSSR count). The molecule has 11 nitrogen and oxygen atoms in total. The summed E-state index contributed by atoms with van der Waals surface area (Å²) in [4.78, 5) is 31.7. The summed E-state index contributed by atoms with van der Waals surface area (Å²) in [5.41, 5.74) is -3.01. The number of carbonyl (C=O) groups excluding carboxylic acids is 2. The topological polar surface area (TPSA) is 205 Å². The van der Waals surface area contributed by atoms with Gasteiger partial charge in [0.05, 0.1) is 0 Å². The maximum absolute atomic E-state index is 15.8. The van der Waals surface area contributed by atoms with Crippen molar-refractivity contribution in [3.8, 4) is 42.2 Å². The van der Waals surface area contributed by atoms with Gasteiger partial charge in [0.2, 0.25) is 0 Å². The number of Topliss-reactive ketones (excluding diaryl/α,β-unsaturated/α-hetero) is 2. The molecule has 0 aliphatic rings. The monoisotopic (exact) mass is 1180 g/mol. The van der Waals surface area contributed by atoms with E-state index in [0.29, 0.717) is 12.1 Å². The summed E-state index contributed by atoms with van der Waals surface area (Å²) in [7, 11) is -2.77. The molecule has 0 saturated heterocycles. The average Bonchev–Trinajstić information content (AvgIpc) is 0.698. The van der Waals surface area contributed by atoms with Gasteiger partial charge in [-0.25, -0.2) is 0 Å². The van der Waals surface area contributed by atoms with Crippen LogP contribution < -0.4 is 36.5 Å². The predicted octanol–water partition coefficient (Wildman–Crippen LogP) is 12.0. The maximum atomic E-state index is 15.8. The van der Waals surface area contributed by atoms with Crippen LogP contribution in [0.5, 0.6) is 5.75 Å². The first-order chi connectivity index (χ1) is 41.2. The van der Waals surface area contributed by atoms with Gasteiger partial charge >= 0.3 is 492 Å². The van der Waals surface area contributed by atoms with Crippen molar-refractivity contribution in [3.05, 3.63) is 280 Å². The first-order valence-corrected chi connectivity index (χ1v) is 30.5. The quantitative estimate of drug-likeness (QED) is 0.0342. The van der Waals surface area contributed by atoms with Crippen molar-refractivity contribution in [2.45, 2.75) is 12.4 Å². The summed E-state index contributed by atoms with van der Waals surface area (Å²) in [5, 5.41) is 62.0. The molecule has 0 aliphatic carbocycles. The van der Waals surface area contributed by atoms with E-state index in [0.717, 1.165) is 0 Å². The van der Waals surface area contributed by atoms with E-state index in [1.165, 1.54) is 170 Å². The van der Waals surface area contributed by atoms with E-state index in [1.807, 2.05) is 0 Å². The molecular weight excluding hydrogens is 1140 g/mol. The Hall–Kier alpha value is -10.5. The molecule has 0 heterocycles. The third-order valence-electron chi connectivity index (χ3n) is 14.8. The van der Waals surface area contributed by atoms with Gasteiger partial charge < -0.3 is 0 Å². The molecule has 0 radical (unpaired) electrons. The van der Waals surface area contributed by atoms with Gasteiger partial charge in [-0.15, -0.1) is 0 Å². The van der Waals surface area contributed by atoms with Gasteiger partial charge in [0, 0.05) is 0 Å². The van der Waals surface area contributed by atoms with Crippen molar-refractivity contribution in [1.29, 1.82) is 31.6 Å². The van der Waals surface area contributed by atoms with E-state index in [4.69, 9.17) is 13.5 Å². The molecular formula is C66H41BF6N6O5P2. The van der Waals surface area contributed by atoms with Gasteiger partial charge in [-0.05, 0) is 0 Å². The third-order valence-corrected chi connectivity index (χ3v) is 26.2. The first kappa shape index (κ1) is 60.1. The summed E-state index contributed by atoms with van der Waals surface area (Å²) < 4.78 is 114. The second-order valence-corrected chi connectivity index (χ2v) is 28.6. The van der Waals surface area contributed by atoms with E-state index in [2.05, 4.69) is 36.4 Å². The van der Waals surface area contributed by atoms with Crippen LogP contribution in [0.3, 0.4) is 0 Å². The van der Waals surface area contributed by atoms with E-state index in [1.54, 1.807) is 36.4 Å². The Morgan fingerprint density at radius 3 is 0.802 bits per heavy atom. The second kappa shape index (κ2) is 24.0. The fourth-order valence-electron chi connectivity index (χ4n) is 10.5. The van der Waals surface area contributed by atoms with Crippen molar-refractivity contribution in [3.63, 3.8) is 0 Å². The van der Waals surface area contributed by atoms with Crippen LogP contribution in [0.2, 0.25) is 0 Å². The molecule has 420 valence electrons. The molecule has 86 heavy (non-hydrogen) atoms. The van der Waals surface area contributed by atoms with Crippen LogP contribution >= 0.6 is 13.7 Å². The summed E-state index contributed by atoms with van der Waals surface area (Å²) in [6.07, 6.45) is -12.5. The fourth-order valence-corrected chi connectivity index (χ4v) is 21.4. The molecule has 9 aromatic carbocycles. The van der Waals surface area contributed by atoms with Crippen molar-refractivity contribution in [1.82, 2.24) is 0 Å². The van der Waals surface area contributed by atoms with E-state index in [9.17, 15) is 31.6 Å². The van der Waals surface area contributed by atoms with Crippen LogP contribution in [0.15, 0.2) is 224 Å². The molecule has 20 heteroatoms. The summed E-state index contributed by atoms with van der Waals surface area (Å²) in [5.74, 6) is -2.52. The number of carbonyl (C=O) groups is 2. The molecule has 0 aromatic heterocycles. The molecule has 0 unspecified atom stereocenters. The van der Waals surface area contributed by atoms with E-state index >= 15 is 35.9 Å². The standard InChI is InChI=1S/C66H41BF6N6O5P2/c68-65(69,70)54-35-55(66(71,72)73)37-56(36-54)82-67(83-85(57-23-11-46(38-74)12-24-57,58-25-13-47(39-75)14-26-58,59-27-15-48(40-76)16-28-59)44-63(80)52-7-3-1-4-8-52)84-86(60-29-17-49(41-77)18-30-60,61-31-19-50(42-78)20-32-61,62-33-21-51(43-79)22-34-62)45-64(81)53-9-5-2-6-10-53/h1-37H,44-45H2. The van der Waals surface area contributed by atoms with Gasteiger partial charge in [0.1, 0.15) is 0 Å². The summed E-state index contributed by atoms with van der Waals surface area (Å²) >= 11 is 0. The Morgan fingerprint density at radius 2 is 0.593 bits per heavy atom. The molecule has 9 aromatic rings. The number of ketones is 2. The molecule has 0 saturated carbocycles. The number of nitrogens with zero attached hydrogens (tertiary/aromatic N) is 6. The van der Waals surface area contributed by atoms with E-state index in [-0.39, 0.29) is 82.4 Å². The molecule has 0 atom stereocenters. The van der Waals surface area contributed by atoms with Crippen LogP contribution in [0.4, 0.5) is 26.3 Å². The minimum atomic E-state index is -5.87. The molecule has 0 spiro atoms. The first-order valence-electron chi connectivity index (χ1n) is 25.8. The Labute approximate surface area is 490 Å². The molecule has 0 fully saturated rings. The number of nitriles is 6. The average molecular weight is 1180 g/mol. The molecule has 0 bridgehead atoms. The summed E-state index contributed by atoms with van der Waals surface area (Å²) in [6, 6.07) is 62.6. The van der Waals surface area contributed by atoms with Crippen LogP contribution in [0.1, 0.15) is 65.2 Å². The Bertz CT molecular complexity index is 3750. The second-order valence-electron chi connectivity index (χ2n) is 19.6. The van der Waals surface area contributed by atoms with E-state index < -0.39 is 74.1 Å². The van der Waals surface area contributed by atoms with Crippen molar-refractivity contribution in [2.24, 2.45) is 0 Å². The SMILES string of the molecule is N#Cc1ccc(P(CC(=O)c2ccccc2)(OB(Oc2cc(C(F)(F)F)cc(C(F)(F)F)c2)OP(CC(=O)c2ccccc2)(c2ccc(C#N)cc2)(c2ccc(C#N)cc2)c2ccc(C#N)cc2)(c2ccc(C#N)cc2)c2ccc(C#N)cc2)cc1. The number of hydrogen-bond donors (Lipinski definition) is 0. The zero-order valence-corrected chi connectivity index (χ0v) is 46.5. The molecule has 0 aliphatic heterocycles. The summed E-state index contributed by atoms with van der Waals surface area (Å²) in [6.45, 7) is -11.7. The van der Waals surface area contributed by atoms with Gasteiger partial charge in [0.15, 0.2) is 0 Å². The van der Waals surface area contributed by atoms with Gasteiger partial charge in [-0.2, -0.15) is 0 Å². The Morgan fingerprint density at radius 1 is 0.360 bits per heavy atom. The van der Waals surface area contributed by atoms with Gasteiger partial charge in [-0.1, -0.05) is 0 Å². The van der Waals surface area contributed by atoms with Crippen LogP contribution in [-0.4, -0.2) is 31.2 Å². The predicted molar refractivity (Wildman–Crippen MR) is 315 cm³/mol. The van der Waals surface area contributed by atoms with Gasteiger partial charge in [-0.3, -0.25) is 0 Å². The molecule has 0 N–H and O–H groups in total. The normalized spacial score (nSPS) is 12.3. The van der Waals surface area contributed by atoms with Crippen molar-refractivity contribution in [2.75, 3.05) is 12.3 Å². The number of hydrogen-bond acceptors (Lipinski definition) is 11. The van der Waals surface area contributed by atoms with Crippen LogP contribution in [0, 0.1) is 68.0 Å². The fraction of sp³-hybridized carbons (Fsp3) is 0.0606. The minimum absolute atomic E-state index is 0.0571. The van der Waals surface area contributed by atoms with Crippen molar-refractivity contribution < 1.29 is 49.5 Å². The zero-order valence-electron chi connectivity index (χ0n) is 44.7.